The molecule has 2 aromatic heterocycles. The Labute approximate surface area is 189 Å². The van der Waals surface area contributed by atoms with Gasteiger partial charge in [-0.1, -0.05) is 42.3 Å². The van der Waals surface area contributed by atoms with Gasteiger partial charge in [-0.05, 0) is 49.2 Å². The molecule has 0 aliphatic carbocycles. The zero-order valence-electron chi connectivity index (χ0n) is 17.1. The van der Waals surface area contributed by atoms with Crippen LogP contribution >= 0.6 is 23.2 Å². The Morgan fingerprint density at radius 2 is 1.81 bits per heavy atom. The van der Waals surface area contributed by atoms with Gasteiger partial charge in [0, 0.05) is 10.0 Å². The van der Waals surface area contributed by atoms with Gasteiger partial charge in [0.05, 0.1) is 29.7 Å². The van der Waals surface area contributed by atoms with Gasteiger partial charge in [-0.3, -0.25) is 4.79 Å². The highest BCUT2D eigenvalue weighted by molar-refractivity contribution is 6.31. The molecule has 0 radical (unpaired) electrons. The molecule has 4 aromatic rings. The van der Waals surface area contributed by atoms with Crippen molar-refractivity contribution in [3.8, 4) is 16.9 Å². The molecule has 0 aliphatic rings. The van der Waals surface area contributed by atoms with Crippen LogP contribution in [0.4, 0.5) is 5.69 Å². The summed E-state index contributed by atoms with van der Waals surface area (Å²) in [7, 11) is 1.52. The van der Waals surface area contributed by atoms with Crippen molar-refractivity contribution in [1.29, 1.82) is 0 Å². The Morgan fingerprint density at radius 3 is 2.48 bits per heavy atom. The summed E-state index contributed by atoms with van der Waals surface area (Å²) in [4.78, 5) is 13.0. The molecule has 7 nitrogen and oxygen atoms in total. The molecule has 0 aliphatic heterocycles. The maximum absolute atomic E-state index is 13.0. The number of carbonyl (C=O) groups is 1. The molecule has 1 amide bonds. The number of nitrogens with zero attached hydrogens (tertiary/aromatic N) is 4. The van der Waals surface area contributed by atoms with Crippen LogP contribution < -0.4 is 10.1 Å². The Kier molecular flexibility index (Phi) is 5.80. The van der Waals surface area contributed by atoms with Crippen molar-refractivity contribution in [1.82, 2.24) is 19.8 Å². The second kappa shape index (κ2) is 8.53. The number of aryl methyl sites for hydroxylation is 2. The fourth-order valence-electron chi connectivity index (χ4n) is 3.38. The summed E-state index contributed by atoms with van der Waals surface area (Å²) in [5, 5.41) is 17.1. The summed E-state index contributed by atoms with van der Waals surface area (Å²) < 4.78 is 6.94. The van der Waals surface area contributed by atoms with Gasteiger partial charge in [0.2, 0.25) is 0 Å². The van der Waals surface area contributed by atoms with Gasteiger partial charge in [-0.2, -0.15) is 5.10 Å². The summed E-state index contributed by atoms with van der Waals surface area (Å²) >= 11 is 12.1. The summed E-state index contributed by atoms with van der Waals surface area (Å²) in [5.74, 6) is 0.0517. The van der Waals surface area contributed by atoms with Gasteiger partial charge in [-0.15, -0.1) is 10.2 Å². The van der Waals surface area contributed by atoms with E-state index in [9.17, 15) is 4.79 Å². The Balaban J connectivity index is 1.77. The summed E-state index contributed by atoms with van der Waals surface area (Å²) in [5.41, 5.74) is 4.41. The normalized spacial score (nSPS) is 11.0. The number of halogens is 2. The first-order valence-electron chi connectivity index (χ1n) is 9.58. The molecule has 0 saturated heterocycles. The SMILES string of the molecule is CCc1nn2c(C)c(C(=O)Nc3cc(Cl)ccc3OC)nnc2c1-c1ccc(Cl)cc1. The molecular weight excluding hydrogens is 437 g/mol. The number of aromatic nitrogens is 4. The van der Waals surface area contributed by atoms with Crippen LogP contribution in [0, 0.1) is 6.92 Å². The van der Waals surface area contributed by atoms with E-state index in [0.717, 1.165) is 16.8 Å². The topological polar surface area (TPSA) is 81.4 Å². The molecule has 158 valence electrons. The highest BCUT2D eigenvalue weighted by atomic mass is 35.5. The van der Waals surface area contributed by atoms with E-state index in [-0.39, 0.29) is 5.69 Å². The quantitative estimate of drug-likeness (QED) is 0.445. The smallest absolute Gasteiger partial charge is 0.278 e. The first kappa shape index (κ1) is 21.1. The number of fused-ring (bicyclic) bond motifs is 1. The molecule has 0 fully saturated rings. The van der Waals surface area contributed by atoms with Crippen LogP contribution in [0.5, 0.6) is 5.75 Å². The average molecular weight is 456 g/mol. The highest BCUT2D eigenvalue weighted by Gasteiger charge is 2.22. The van der Waals surface area contributed by atoms with E-state index in [1.807, 2.05) is 31.2 Å². The lowest BCUT2D eigenvalue weighted by molar-refractivity contribution is 0.101. The Morgan fingerprint density at radius 1 is 1.10 bits per heavy atom. The molecule has 2 aromatic carbocycles. The number of methoxy groups -OCH3 is 1. The molecule has 1 N–H and O–H groups in total. The third-order valence-electron chi connectivity index (χ3n) is 4.93. The first-order chi connectivity index (χ1) is 14.9. The van der Waals surface area contributed by atoms with Crippen molar-refractivity contribution in [2.24, 2.45) is 0 Å². The van der Waals surface area contributed by atoms with E-state index in [0.29, 0.717) is 39.2 Å². The van der Waals surface area contributed by atoms with E-state index in [1.54, 1.807) is 29.6 Å². The summed E-state index contributed by atoms with van der Waals surface area (Å²) in [6, 6.07) is 12.5. The predicted octanol–water partition coefficient (Wildman–Crippen LogP) is 5.23. The van der Waals surface area contributed by atoms with E-state index >= 15 is 0 Å². The largest absolute Gasteiger partial charge is 0.495 e. The van der Waals surface area contributed by atoms with Crippen LogP contribution in [-0.4, -0.2) is 32.8 Å². The van der Waals surface area contributed by atoms with Crippen LogP contribution in [0.25, 0.3) is 16.8 Å². The van der Waals surface area contributed by atoms with Crippen molar-refractivity contribution in [3.05, 3.63) is 69.6 Å². The minimum absolute atomic E-state index is 0.155. The molecule has 0 saturated carbocycles. The van der Waals surface area contributed by atoms with Gasteiger partial charge in [-0.25, -0.2) is 4.52 Å². The molecule has 0 unspecified atom stereocenters. The lowest BCUT2D eigenvalue weighted by atomic mass is 10.0. The fraction of sp³-hybridized carbons (Fsp3) is 0.182. The minimum atomic E-state index is -0.436. The minimum Gasteiger partial charge on any atom is -0.495 e. The van der Waals surface area contributed by atoms with Crippen LogP contribution in [0.2, 0.25) is 10.0 Å². The fourth-order valence-corrected chi connectivity index (χ4v) is 3.68. The van der Waals surface area contributed by atoms with E-state index in [1.165, 1.54) is 7.11 Å². The number of nitrogens with one attached hydrogen (secondary N) is 1. The maximum Gasteiger partial charge on any atom is 0.278 e. The lowest BCUT2D eigenvalue weighted by Crippen LogP contribution is -2.19. The van der Waals surface area contributed by atoms with Gasteiger partial charge in [0.25, 0.3) is 5.91 Å². The zero-order valence-corrected chi connectivity index (χ0v) is 18.6. The van der Waals surface area contributed by atoms with Crippen LogP contribution in [0.15, 0.2) is 42.5 Å². The molecule has 2 heterocycles. The van der Waals surface area contributed by atoms with Crippen molar-refractivity contribution < 1.29 is 9.53 Å². The third kappa shape index (κ3) is 3.94. The van der Waals surface area contributed by atoms with Crippen molar-refractivity contribution >= 4 is 40.4 Å². The van der Waals surface area contributed by atoms with Crippen molar-refractivity contribution in [3.63, 3.8) is 0 Å². The number of ether oxygens (including phenoxy) is 1. The number of amides is 1. The van der Waals surface area contributed by atoms with E-state index in [4.69, 9.17) is 27.9 Å². The van der Waals surface area contributed by atoms with Crippen LogP contribution in [0.3, 0.4) is 0 Å². The molecule has 9 heteroatoms. The Hall–Kier alpha value is -3.16. The second-order valence-corrected chi connectivity index (χ2v) is 7.72. The van der Waals surface area contributed by atoms with Gasteiger partial charge in [0.15, 0.2) is 11.3 Å². The van der Waals surface area contributed by atoms with E-state index in [2.05, 4.69) is 20.6 Å². The third-order valence-corrected chi connectivity index (χ3v) is 5.42. The van der Waals surface area contributed by atoms with Crippen molar-refractivity contribution in [2.75, 3.05) is 12.4 Å². The number of anilines is 1. The summed E-state index contributed by atoms with van der Waals surface area (Å²) in [6.45, 7) is 3.80. The number of carbonyl (C=O) groups excluding carboxylic acids is 1. The van der Waals surface area contributed by atoms with Gasteiger partial charge >= 0.3 is 0 Å². The molecule has 31 heavy (non-hydrogen) atoms. The molecule has 4 rings (SSSR count). The monoisotopic (exact) mass is 455 g/mol. The Bertz CT molecular complexity index is 1290. The lowest BCUT2D eigenvalue weighted by Gasteiger charge is -2.11. The van der Waals surface area contributed by atoms with Gasteiger partial charge < -0.3 is 10.1 Å². The first-order valence-corrected chi connectivity index (χ1v) is 10.3. The number of hydrogen-bond donors (Lipinski definition) is 1. The predicted molar refractivity (Wildman–Crippen MR) is 121 cm³/mol. The van der Waals surface area contributed by atoms with E-state index < -0.39 is 5.91 Å². The maximum atomic E-state index is 13.0. The molecule has 0 bridgehead atoms. The second-order valence-electron chi connectivity index (χ2n) is 6.85. The molecule has 0 atom stereocenters. The number of rotatable bonds is 5. The highest BCUT2D eigenvalue weighted by Crippen LogP contribution is 2.31. The number of benzene rings is 2. The number of hydrogen-bond acceptors (Lipinski definition) is 5. The van der Waals surface area contributed by atoms with Crippen LogP contribution in [-0.2, 0) is 6.42 Å². The molecule has 0 spiro atoms. The van der Waals surface area contributed by atoms with Gasteiger partial charge in [0.1, 0.15) is 5.75 Å². The average Bonchev–Trinajstić information content (AvgIpc) is 3.14. The summed E-state index contributed by atoms with van der Waals surface area (Å²) in [6.07, 6.45) is 0.696. The van der Waals surface area contributed by atoms with Crippen LogP contribution in [0.1, 0.15) is 28.8 Å². The molecular formula is C22H19Cl2N5O2. The van der Waals surface area contributed by atoms with Crippen molar-refractivity contribution in [2.45, 2.75) is 20.3 Å². The standard InChI is InChI=1S/C22H19Cl2N5O2/c1-4-16-19(13-5-7-14(23)8-6-13)21-27-26-20(12(2)29(21)28-16)22(30)25-17-11-15(24)9-10-18(17)31-3/h5-11H,4H2,1-3H3,(H,25,30). The zero-order chi connectivity index (χ0) is 22.1.